The van der Waals surface area contributed by atoms with E-state index in [9.17, 15) is 0 Å². The lowest BCUT2D eigenvalue weighted by atomic mass is 9.80. The third-order valence-corrected chi connectivity index (χ3v) is 4.56. The highest BCUT2D eigenvalue weighted by molar-refractivity contribution is 6.19. The van der Waals surface area contributed by atoms with Gasteiger partial charge in [0.2, 0.25) is 0 Å². The van der Waals surface area contributed by atoms with Gasteiger partial charge in [-0.15, -0.1) is 11.6 Å². The Morgan fingerprint density at radius 3 is 2.87 bits per heavy atom. The van der Waals surface area contributed by atoms with Crippen LogP contribution >= 0.6 is 11.6 Å². The fraction of sp³-hybridized carbons (Fsp3) is 0.846. The van der Waals surface area contributed by atoms with E-state index < -0.39 is 0 Å². The molecule has 1 nitrogen and oxygen atoms in total. The molecule has 1 saturated carbocycles. The normalized spacial score (nSPS) is 34.3. The van der Waals surface area contributed by atoms with Crippen molar-refractivity contribution in [3.8, 4) is 0 Å². The Hall–Kier alpha value is -0.0100. The summed E-state index contributed by atoms with van der Waals surface area (Å²) in [6.45, 7) is 11.1. The molecule has 2 aliphatic rings. The zero-order valence-electron chi connectivity index (χ0n) is 9.93. The number of likely N-dealkylation sites (tertiary alicyclic amines) is 1. The topological polar surface area (TPSA) is 3.24 Å². The summed E-state index contributed by atoms with van der Waals surface area (Å²) in [7, 11) is 0. The Morgan fingerprint density at radius 2 is 2.20 bits per heavy atom. The van der Waals surface area contributed by atoms with Crippen LogP contribution in [0.15, 0.2) is 12.2 Å². The van der Waals surface area contributed by atoms with Crippen molar-refractivity contribution in [3.05, 3.63) is 12.2 Å². The number of halogens is 1. The van der Waals surface area contributed by atoms with Crippen LogP contribution in [0.1, 0.15) is 33.1 Å². The molecule has 0 amide bonds. The molecule has 1 saturated heterocycles. The van der Waals surface area contributed by atoms with Crippen molar-refractivity contribution in [2.45, 2.75) is 39.2 Å². The third kappa shape index (κ3) is 2.09. The van der Waals surface area contributed by atoms with Crippen molar-refractivity contribution in [1.82, 2.24) is 4.90 Å². The lowest BCUT2D eigenvalue weighted by Crippen LogP contribution is -2.32. The van der Waals surface area contributed by atoms with Gasteiger partial charge >= 0.3 is 0 Å². The maximum Gasteiger partial charge on any atom is 0.0443 e. The molecular formula is C13H22ClN. The van der Waals surface area contributed by atoms with Gasteiger partial charge < -0.3 is 0 Å². The molecule has 2 rings (SSSR count). The van der Waals surface area contributed by atoms with Crippen LogP contribution in [0.25, 0.3) is 0 Å². The van der Waals surface area contributed by atoms with Gasteiger partial charge in [-0.25, -0.2) is 0 Å². The van der Waals surface area contributed by atoms with Crippen LogP contribution in [0.2, 0.25) is 0 Å². The third-order valence-electron chi connectivity index (χ3n) is 4.18. The predicted octanol–water partition coefficient (Wildman–Crippen LogP) is 3.29. The Labute approximate surface area is 98.5 Å². The van der Waals surface area contributed by atoms with Crippen molar-refractivity contribution in [3.63, 3.8) is 0 Å². The Balaban J connectivity index is 2.05. The van der Waals surface area contributed by atoms with Gasteiger partial charge in [-0.2, -0.15) is 0 Å². The van der Waals surface area contributed by atoms with Crippen LogP contribution in [0, 0.1) is 11.3 Å². The second-order valence-corrected chi connectivity index (χ2v) is 6.15. The van der Waals surface area contributed by atoms with E-state index in [2.05, 4.69) is 25.3 Å². The van der Waals surface area contributed by atoms with Gasteiger partial charge in [-0.1, -0.05) is 26.8 Å². The summed E-state index contributed by atoms with van der Waals surface area (Å²) in [5, 5.41) is 0. The van der Waals surface area contributed by atoms with Crippen LogP contribution in [-0.4, -0.2) is 29.9 Å². The molecule has 86 valence electrons. The van der Waals surface area contributed by atoms with Crippen molar-refractivity contribution >= 4 is 11.6 Å². The first-order valence-corrected chi connectivity index (χ1v) is 6.55. The lowest BCUT2D eigenvalue weighted by molar-refractivity contribution is 0.257. The van der Waals surface area contributed by atoms with Gasteiger partial charge in [0.25, 0.3) is 0 Å². The second-order valence-electron chi connectivity index (χ2n) is 5.88. The minimum absolute atomic E-state index is 0.494. The first-order chi connectivity index (χ1) is 7.04. The van der Waals surface area contributed by atoms with Crippen molar-refractivity contribution in [1.29, 1.82) is 0 Å². The summed E-state index contributed by atoms with van der Waals surface area (Å²) < 4.78 is 0. The van der Waals surface area contributed by atoms with Gasteiger partial charge in [-0.05, 0) is 29.7 Å². The highest BCUT2D eigenvalue weighted by atomic mass is 35.5. The maximum atomic E-state index is 5.82. The molecule has 0 aromatic rings. The van der Waals surface area contributed by atoms with Crippen molar-refractivity contribution < 1.29 is 0 Å². The van der Waals surface area contributed by atoms with Crippen LogP contribution in [0.5, 0.6) is 0 Å². The summed E-state index contributed by atoms with van der Waals surface area (Å²) in [4.78, 5) is 2.61. The summed E-state index contributed by atoms with van der Waals surface area (Å²) in [6.07, 6.45) is 4.20. The number of rotatable bonds is 3. The number of hydrogen-bond acceptors (Lipinski definition) is 1. The second kappa shape index (κ2) is 4.10. The molecule has 1 aliphatic carbocycles. The van der Waals surface area contributed by atoms with Gasteiger partial charge in [0.05, 0.1) is 0 Å². The highest BCUT2D eigenvalue weighted by Crippen LogP contribution is 2.48. The monoisotopic (exact) mass is 227 g/mol. The van der Waals surface area contributed by atoms with E-state index in [-0.39, 0.29) is 0 Å². The molecule has 0 radical (unpaired) electrons. The zero-order valence-corrected chi connectivity index (χ0v) is 10.7. The molecule has 2 unspecified atom stereocenters. The molecule has 1 aliphatic heterocycles. The molecule has 2 fully saturated rings. The van der Waals surface area contributed by atoms with Gasteiger partial charge in [0, 0.05) is 25.0 Å². The molecular weight excluding hydrogens is 206 g/mol. The van der Waals surface area contributed by atoms with Crippen molar-refractivity contribution in [2.24, 2.45) is 11.3 Å². The number of alkyl halides is 1. The Bertz CT molecular complexity index is 259. The smallest absolute Gasteiger partial charge is 0.0443 e. The van der Waals surface area contributed by atoms with Crippen LogP contribution in [0.3, 0.4) is 0 Å². The molecule has 0 bridgehead atoms. The molecule has 2 atom stereocenters. The SMILES string of the molecule is C=C(CCl)CN1CC(C)(C)C2CCCC21. The lowest BCUT2D eigenvalue weighted by Gasteiger charge is -2.24. The van der Waals surface area contributed by atoms with Crippen LogP contribution < -0.4 is 0 Å². The van der Waals surface area contributed by atoms with Gasteiger partial charge in [0.1, 0.15) is 0 Å². The average Bonchev–Trinajstić information content (AvgIpc) is 2.71. The largest absolute Gasteiger partial charge is 0.296 e. The summed E-state index contributed by atoms with van der Waals surface area (Å²) in [5.74, 6) is 1.51. The summed E-state index contributed by atoms with van der Waals surface area (Å²) in [6, 6.07) is 0.806. The minimum atomic E-state index is 0.494. The minimum Gasteiger partial charge on any atom is -0.296 e. The first-order valence-electron chi connectivity index (χ1n) is 6.01. The van der Waals surface area contributed by atoms with E-state index in [4.69, 9.17) is 11.6 Å². The first kappa shape index (κ1) is 11.5. The van der Waals surface area contributed by atoms with E-state index in [1.165, 1.54) is 31.4 Å². The van der Waals surface area contributed by atoms with Crippen LogP contribution in [0.4, 0.5) is 0 Å². The van der Waals surface area contributed by atoms with E-state index in [1.54, 1.807) is 0 Å². The van der Waals surface area contributed by atoms with Crippen LogP contribution in [-0.2, 0) is 0 Å². The summed E-state index contributed by atoms with van der Waals surface area (Å²) in [5.41, 5.74) is 1.66. The molecule has 0 aromatic heterocycles. The molecule has 15 heavy (non-hydrogen) atoms. The zero-order chi connectivity index (χ0) is 11.1. The van der Waals surface area contributed by atoms with Crippen molar-refractivity contribution in [2.75, 3.05) is 19.0 Å². The molecule has 0 N–H and O–H groups in total. The van der Waals surface area contributed by atoms with Gasteiger partial charge in [0.15, 0.2) is 0 Å². The molecule has 2 heteroatoms. The Morgan fingerprint density at radius 1 is 1.47 bits per heavy atom. The Kier molecular flexibility index (Phi) is 3.14. The van der Waals surface area contributed by atoms with E-state index >= 15 is 0 Å². The fourth-order valence-corrected chi connectivity index (χ4v) is 3.63. The predicted molar refractivity (Wildman–Crippen MR) is 66.3 cm³/mol. The number of hydrogen-bond donors (Lipinski definition) is 0. The standard InChI is InChI=1S/C13H22ClN/c1-10(7-14)8-15-9-13(2,3)11-5-4-6-12(11)15/h11-12H,1,4-9H2,2-3H3. The van der Waals surface area contributed by atoms with E-state index in [0.717, 1.165) is 18.5 Å². The maximum absolute atomic E-state index is 5.82. The van der Waals surface area contributed by atoms with E-state index in [1.807, 2.05) is 0 Å². The molecule has 0 spiro atoms. The quantitative estimate of drug-likeness (QED) is 0.528. The fourth-order valence-electron chi connectivity index (χ4n) is 3.55. The number of fused-ring (bicyclic) bond motifs is 1. The highest BCUT2D eigenvalue weighted by Gasteiger charge is 2.48. The van der Waals surface area contributed by atoms with E-state index in [0.29, 0.717) is 11.3 Å². The average molecular weight is 228 g/mol. The number of nitrogens with zero attached hydrogens (tertiary/aromatic N) is 1. The van der Waals surface area contributed by atoms with Gasteiger partial charge in [-0.3, -0.25) is 4.90 Å². The summed E-state index contributed by atoms with van der Waals surface area (Å²) >= 11 is 5.82. The molecule has 1 heterocycles. The molecule has 0 aromatic carbocycles.